The van der Waals surface area contributed by atoms with Gasteiger partial charge in [-0.05, 0) is 43.7 Å². The number of nitrogens with zero attached hydrogens (tertiary/aromatic N) is 1. The van der Waals surface area contributed by atoms with Gasteiger partial charge in [0, 0.05) is 21.5 Å². The number of methoxy groups -OCH3 is 2. The zero-order valence-electron chi connectivity index (χ0n) is 21.6. The zero-order chi connectivity index (χ0) is 27.1. The molecule has 0 fully saturated rings. The largest absolute Gasteiger partial charge is 0.496 e. The van der Waals surface area contributed by atoms with E-state index in [0.717, 1.165) is 16.2 Å². The molecule has 1 atom stereocenters. The topological polar surface area (TPSA) is 89.5 Å². The minimum absolute atomic E-state index is 0.115. The summed E-state index contributed by atoms with van der Waals surface area (Å²) in [6, 6.07) is 20.7. The molecule has 1 aromatic heterocycles. The van der Waals surface area contributed by atoms with Crippen LogP contribution in [0.5, 0.6) is 11.5 Å². The normalized spacial score (nSPS) is 11.5. The van der Waals surface area contributed by atoms with Gasteiger partial charge in [0.25, 0.3) is 5.91 Å². The predicted molar refractivity (Wildman–Crippen MR) is 155 cm³/mol. The van der Waals surface area contributed by atoms with Crippen molar-refractivity contribution in [3.63, 3.8) is 0 Å². The van der Waals surface area contributed by atoms with Gasteiger partial charge in [0.15, 0.2) is 5.13 Å². The SMILES string of the molecule is CCC(Sc1cccc(NC(=O)c2c(OC)cccc2OC)c1)C(=O)Nc1nc(-c2ccc(C)cc2)cs1. The number of carbonyl (C=O) groups is 2. The fourth-order valence-corrected chi connectivity index (χ4v) is 5.51. The van der Waals surface area contributed by atoms with Crippen molar-refractivity contribution in [2.45, 2.75) is 30.4 Å². The number of hydrogen-bond acceptors (Lipinski definition) is 7. The maximum absolute atomic E-state index is 13.1. The monoisotopic (exact) mass is 547 g/mol. The Balaban J connectivity index is 1.43. The quantitative estimate of drug-likeness (QED) is 0.210. The molecule has 0 aliphatic heterocycles. The van der Waals surface area contributed by atoms with Crippen LogP contribution in [0.15, 0.2) is 77.0 Å². The fraction of sp³-hybridized carbons (Fsp3) is 0.207. The number of amides is 2. The number of thioether (sulfide) groups is 1. The van der Waals surface area contributed by atoms with Crippen LogP contribution in [-0.2, 0) is 4.79 Å². The van der Waals surface area contributed by atoms with Crippen molar-refractivity contribution < 1.29 is 19.1 Å². The molecule has 7 nitrogen and oxygen atoms in total. The average Bonchev–Trinajstić information content (AvgIpc) is 3.40. The smallest absolute Gasteiger partial charge is 0.263 e. The second-order valence-corrected chi connectivity index (χ2v) is 10.6. The molecular formula is C29H29N3O4S2. The lowest BCUT2D eigenvalue weighted by Gasteiger charge is -2.15. The average molecular weight is 548 g/mol. The number of thiazole rings is 1. The molecule has 3 aromatic carbocycles. The van der Waals surface area contributed by atoms with Crippen molar-refractivity contribution in [2.24, 2.45) is 0 Å². The summed E-state index contributed by atoms with van der Waals surface area (Å²) in [5, 5.41) is 8.04. The molecule has 0 saturated heterocycles. The van der Waals surface area contributed by atoms with E-state index in [4.69, 9.17) is 9.47 Å². The summed E-state index contributed by atoms with van der Waals surface area (Å²) in [5.41, 5.74) is 3.95. The van der Waals surface area contributed by atoms with E-state index in [-0.39, 0.29) is 17.1 Å². The molecule has 0 aliphatic carbocycles. The Kier molecular flexibility index (Phi) is 9.04. The first-order valence-corrected chi connectivity index (χ1v) is 13.8. The molecule has 0 bridgehead atoms. The van der Waals surface area contributed by atoms with Crippen LogP contribution in [-0.4, -0.2) is 36.3 Å². The molecular weight excluding hydrogens is 518 g/mol. The first-order valence-electron chi connectivity index (χ1n) is 12.0. The highest BCUT2D eigenvalue weighted by Crippen LogP contribution is 2.32. The highest BCUT2D eigenvalue weighted by atomic mass is 32.2. The van der Waals surface area contributed by atoms with Gasteiger partial charge in [-0.15, -0.1) is 23.1 Å². The van der Waals surface area contributed by atoms with E-state index >= 15 is 0 Å². The Morgan fingerprint density at radius 3 is 2.32 bits per heavy atom. The number of aromatic nitrogens is 1. The third kappa shape index (κ3) is 6.54. The predicted octanol–water partition coefficient (Wildman–Crippen LogP) is 6.90. The van der Waals surface area contributed by atoms with Gasteiger partial charge < -0.3 is 20.1 Å². The number of benzene rings is 3. The number of nitrogens with one attached hydrogen (secondary N) is 2. The summed E-state index contributed by atoms with van der Waals surface area (Å²) in [7, 11) is 3.02. The number of ether oxygens (including phenoxy) is 2. The standard InChI is InChI=1S/C29H29N3O4S2/c1-5-25(27(33)32-29-31-22(17-37-29)19-14-12-18(2)13-15-19)38-21-9-6-8-20(16-21)30-28(34)26-23(35-3)10-7-11-24(26)36-4/h6-17,25H,5H2,1-4H3,(H,30,34)(H,31,32,33). The van der Waals surface area contributed by atoms with E-state index in [2.05, 4.69) is 15.6 Å². The lowest BCUT2D eigenvalue weighted by atomic mass is 10.1. The summed E-state index contributed by atoms with van der Waals surface area (Å²) in [6.45, 7) is 4.01. The number of aryl methyl sites for hydroxylation is 1. The van der Waals surface area contributed by atoms with Crippen LogP contribution in [0.1, 0.15) is 29.3 Å². The molecule has 4 aromatic rings. The van der Waals surface area contributed by atoms with Crippen LogP contribution in [0, 0.1) is 6.92 Å². The molecule has 0 saturated carbocycles. The number of hydrogen-bond donors (Lipinski definition) is 2. The van der Waals surface area contributed by atoms with Crippen LogP contribution in [0.25, 0.3) is 11.3 Å². The summed E-state index contributed by atoms with van der Waals surface area (Å²) in [4.78, 5) is 31.6. The van der Waals surface area contributed by atoms with Gasteiger partial charge in [-0.3, -0.25) is 9.59 Å². The van der Waals surface area contributed by atoms with Gasteiger partial charge in [-0.25, -0.2) is 4.98 Å². The van der Waals surface area contributed by atoms with Crippen molar-refractivity contribution in [1.82, 2.24) is 4.98 Å². The lowest BCUT2D eigenvalue weighted by molar-refractivity contribution is -0.115. The minimum atomic E-state index is -0.348. The van der Waals surface area contributed by atoms with Crippen LogP contribution >= 0.6 is 23.1 Å². The molecule has 0 spiro atoms. The Bertz CT molecular complexity index is 1400. The van der Waals surface area contributed by atoms with Gasteiger partial charge in [0.05, 0.1) is 25.2 Å². The van der Waals surface area contributed by atoms with Crippen molar-refractivity contribution in [3.05, 3.63) is 83.2 Å². The maximum Gasteiger partial charge on any atom is 0.263 e. The van der Waals surface area contributed by atoms with E-state index in [0.29, 0.717) is 34.3 Å². The highest BCUT2D eigenvalue weighted by molar-refractivity contribution is 8.00. The zero-order valence-corrected chi connectivity index (χ0v) is 23.2. The Hall–Kier alpha value is -3.82. The molecule has 9 heteroatoms. The number of anilines is 2. The molecule has 0 radical (unpaired) electrons. The van der Waals surface area contributed by atoms with Gasteiger partial charge in [0.1, 0.15) is 17.1 Å². The first-order chi connectivity index (χ1) is 18.4. The number of carbonyl (C=O) groups excluding carboxylic acids is 2. The molecule has 38 heavy (non-hydrogen) atoms. The third-order valence-corrected chi connectivity index (χ3v) is 7.89. The summed E-state index contributed by atoms with van der Waals surface area (Å²) in [6.07, 6.45) is 0.627. The van der Waals surface area contributed by atoms with Crippen LogP contribution in [0.4, 0.5) is 10.8 Å². The molecule has 196 valence electrons. The van der Waals surface area contributed by atoms with E-state index < -0.39 is 0 Å². The summed E-state index contributed by atoms with van der Waals surface area (Å²) >= 11 is 2.84. The Labute approximate surface area is 230 Å². The van der Waals surface area contributed by atoms with Crippen LogP contribution < -0.4 is 20.1 Å². The molecule has 1 heterocycles. The molecule has 2 N–H and O–H groups in total. The minimum Gasteiger partial charge on any atom is -0.496 e. The molecule has 0 aliphatic rings. The van der Waals surface area contributed by atoms with Gasteiger partial charge in [-0.2, -0.15) is 0 Å². The third-order valence-electron chi connectivity index (χ3n) is 5.77. The van der Waals surface area contributed by atoms with E-state index in [1.807, 2.05) is 61.7 Å². The van der Waals surface area contributed by atoms with Crippen LogP contribution in [0.2, 0.25) is 0 Å². The summed E-state index contributed by atoms with van der Waals surface area (Å²) < 4.78 is 10.7. The molecule has 1 unspecified atom stereocenters. The highest BCUT2D eigenvalue weighted by Gasteiger charge is 2.21. The summed E-state index contributed by atoms with van der Waals surface area (Å²) in [5.74, 6) is 0.375. The first kappa shape index (κ1) is 27.2. The van der Waals surface area contributed by atoms with Crippen molar-refractivity contribution >= 4 is 45.7 Å². The Morgan fingerprint density at radius 1 is 0.974 bits per heavy atom. The molecule has 2 amide bonds. The molecule has 4 rings (SSSR count). The Morgan fingerprint density at radius 2 is 1.66 bits per heavy atom. The van der Waals surface area contributed by atoms with Gasteiger partial charge in [-0.1, -0.05) is 48.9 Å². The van der Waals surface area contributed by atoms with Crippen molar-refractivity contribution in [2.75, 3.05) is 24.9 Å². The van der Waals surface area contributed by atoms with Gasteiger partial charge >= 0.3 is 0 Å². The van der Waals surface area contributed by atoms with Crippen molar-refractivity contribution in [3.8, 4) is 22.8 Å². The second-order valence-electron chi connectivity index (χ2n) is 8.43. The lowest BCUT2D eigenvalue weighted by Crippen LogP contribution is -2.24. The van der Waals surface area contributed by atoms with E-state index in [1.54, 1.807) is 24.3 Å². The van der Waals surface area contributed by atoms with Crippen molar-refractivity contribution in [1.29, 1.82) is 0 Å². The van der Waals surface area contributed by atoms with Gasteiger partial charge in [0.2, 0.25) is 5.91 Å². The second kappa shape index (κ2) is 12.6. The van der Waals surface area contributed by atoms with Crippen LogP contribution in [0.3, 0.4) is 0 Å². The fourth-order valence-electron chi connectivity index (χ4n) is 3.78. The number of rotatable bonds is 10. The van der Waals surface area contributed by atoms with E-state index in [1.165, 1.54) is 42.9 Å². The maximum atomic E-state index is 13.1. The van der Waals surface area contributed by atoms with E-state index in [9.17, 15) is 9.59 Å².